The summed E-state index contributed by atoms with van der Waals surface area (Å²) in [6, 6.07) is 18.8. The lowest BCUT2D eigenvalue weighted by molar-refractivity contribution is 0.0984. The lowest BCUT2D eigenvalue weighted by Crippen LogP contribution is -2.30. The highest BCUT2D eigenvalue weighted by molar-refractivity contribution is 6.23. The first-order valence-electron chi connectivity index (χ1n) is 8.18. The zero-order valence-electron chi connectivity index (χ0n) is 13.9. The van der Waals surface area contributed by atoms with Crippen molar-refractivity contribution in [2.24, 2.45) is 11.7 Å². The molecule has 4 aromatic carbocycles. The summed E-state index contributed by atoms with van der Waals surface area (Å²) < 4.78 is 0. The topological polar surface area (TPSA) is 46.2 Å². The highest BCUT2D eigenvalue weighted by Gasteiger charge is 2.22. The standard InChI is InChI=1S/C21H21NO.ClH/c1-12(2)21(23)20(22)17-11-9-15-7-6-13-4-3-5-14-8-10-16(17)19(15)18(13)14;/h3-12,20-21,23H,22H2,1-2H3;1H/t20-,21+;/m1./s1. The third-order valence-electron chi connectivity index (χ3n) is 4.97. The molecule has 0 aliphatic rings. The Balaban J connectivity index is 0.00000169. The minimum Gasteiger partial charge on any atom is -0.391 e. The van der Waals surface area contributed by atoms with Gasteiger partial charge in [-0.1, -0.05) is 68.4 Å². The third kappa shape index (κ3) is 2.42. The van der Waals surface area contributed by atoms with Crippen LogP contribution in [0.5, 0.6) is 0 Å². The molecule has 0 saturated carbocycles. The molecule has 0 amide bonds. The van der Waals surface area contributed by atoms with Crippen LogP contribution in [0.15, 0.2) is 54.6 Å². The summed E-state index contributed by atoms with van der Waals surface area (Å²) in [5, 5.41) is 17.8. The van der Waals surface area contributed by atoms with Crippen molar-refractivity contribution < 1.29 is 5.11 Å². The zero-order chi connectivity index (χ0) is 16.1. The van der Waals surface area contributed by atoms with Crippen LogP contribution in [0.1, 0.15) is 25.5 Å². The lowest BCUT2D eigenvalue weighted by Gasteiger charge is -2.24. The normalized spacial score (nSPS) is 14.4. The Morgan fingerprint density at radius 2 is 1.33 bits per heavy atom. The van der Waals surface area contributed by atoms with Gasteiger partial charge in [-0.15, -0.1) is 12.4 Å². The van der Waals surface area contributed by atoms with E-state index in [2.05, 4.69) is 54.6 Å². The van der Waals surface area contributed by atoms with Crippen LogP contribution in [0.2, 0.25) is 0 Å². The van der Waals surface area contributed by atoms with E-state index in [4.69, 9.17) is 5.73 Å². The predicted molar refractivity (Wildman–Crippen MR) is 105 cm³/mol. The quantitative estimate of drug-likeness (QED) is 0.515. The van der Waals surface area contributed by atoms with Crippen LogP contribution in [0.3, 0.4) is 0 Å². The maximum absolute atomic E-state index is 10.4. The van der Waals surface area contributed by atoms with Gasteiger partial charge in [0.2, 0.25) is 0 Å². The molecule has 0 aromatic heterocycles. The molecule has 2 nitrogen and oxygen atoms in total. The van der Waals surface area contributed by atoms with E-state index in [1.807, 2.05) is 13.8 Å². The molecular weight excluding hydrogens is 318 g/mol. The van der Waals surface area contributed by atoms with Crippen LogP contribution >= 0.6 is 12.4 Å². The van der Waals surface area contributed by atoms with E-state index in [9.17, 15) is 5.11 Å². The molecule has 3 N–H and O–H groups in total. The fourth-order valence-electron chi connectivity index (χ4n) is 3.65. The van der Waals surface area contributed by atoms with E-state index in [0.717, 1.165) is 10.9 Å². The lowest BCUT2D eigenvalue weighted by atomic mass is 9.87. The fraction of sp³-hybridized carbons (Fsp3) is 0.238. The first-order valence-corrected chi connectivity index (χ1v) is 8.18. The summed E-state index contributed by atoms with van der Waals surface area (Å²) in [5.41, 5.74) is 7.41. The van der Waals surface area contributed by atoms with Crippen molar-refractivity contribution in [2.75, 3.05) is 0 Å². The Kier molecular flexibility index (Phi) is 4.39. The Hall–Kier alpha value is -1.87. The molecule has 0 spiro atoms. The summed E-state index contributed by atoms with van der Waals surface area (Å²) in [5.74, 6) is 0.128. The van der Waals surface area contributed by atoms with Gasteiger partial charge >= 0.3 is 0 Å². The van der Waals surface area contributed by atoms with Gasteiger partial charge in [0.05, 0.1) is 12.1 Å². The number of aliphatic hydroxyl groups excluding tert-OH is 1. The van der Waals surface area contributed by atoms with Crippen LogP contribution in [0.25, 0.3) is 32.3 Å². The smallest absolute Gasteiger partial charge is 0.0755 e. The van der Waals surface area contributed by atoms with Gasteiger partial charge in [-0.3, -0.25) is 0 Å². The second-order valence-electron chi connectivity index (χ2n) is 6.77. The van der Waals surface area contributed by atoms with Crippen molar-refractivity contribution in [2.45, 2.75) is 26.0 Å². The highest BCUT2D eigenvalue weighted by atomic mass is 35.5. The molecule has 0 unspecified atom stereocenters. The Morgan fingerprint density at radius 1 is 0.792 bits per heavy atom. The van der Waals surface area contributed by atoms with Crippen molar-refractivity contribution in [3.05, 3.63) is 60.2 Å². The molecule has 0 bridgehead atoms. The number of hydrogen-bond acceptors (Lipinski definition) is 2. The van der Waals surface area contributed by atoms with Gasteiger partial charge in [0.1, 0.15) is 0 Å². The Labute approximate surface area is 148 Å². The minimum atomic E-state index is -0.548. The monoisotopic (exact) mass is 339 g/mol. The van der Waals surface area contributed by atoms with E-state index >= 15 is 0 Å². The van der Waals surface area contributed by atoms with E-state index in [-0.39, 0.29) is 24.4 Å². The number of halogens is 1. The molecule has 0 aliphatic heterocycles. The van der Waals surface area contributed by atoms with E-state index in [0.29, 0.717) is 0 Å². The van der Waals surface area contributed by atoms with Crippen molar-refractivity contribution in [3.63, 3.8) is 0 Å². The maximum atomic E-state index is 10.4. The molecule has 3 heteroatoms. The Morgan fingerprint density at radius 3 is 1.96 bits per heavy atom. The summed E-state index contributed by atoms with van der Waals surface area (Å²) in [6.07, 6.45) is -0.548. The van der Waals surface area contributed by atoms with Crippen molar-refractivity contribution in [1.82, 2.24) is 0 Å². The first kappa shape index (κ1) is 17.0. The van der Waals surface area contributed by atoms with Crippen molar-refractivity contribution in [1.29, 1.82) is 0 Å². The number of benzene rings is 4. The third-order valence-corrected chi connectivity index (χ3v) is 4.97. The summed E-state index contributed by atoms with van der Waals surface area (Å²) in [4.78, 5) is 0. The molecule has 0 fully saturated rings. The van der Waals surface area contributed by atoms with Crippen molar-refractivity contribution >= 4 is 44.7 Å². The molecule has 24 heavy (non-hydrogen) atoms. The second-order valence-corrected chi connectivity index (χ2v) is 6.77. The van der Waals surface area contributed by atoms with E-state index in [1.165, 1.54) is 26.9 Å². The maximum Gasteiger partial charge on any atom is 0.0755 e. The molecule has 124 valence electrons. The van der Waals surface area contributed by atoms with Gasteiger partial charge in [-0.2, -0.15) is 0 Å². The van der Waals surface area contributed by atoms with Gasteiger partial charge in [-0.05, 0) is 43.8 Å². The minimum absolute atomic E-state index is 0. The van der Waals surface area contributed by atoms with Crippen LogP contribution < -0.4 is 5.73 Å². The molecule has 4 aromatic rings. The van der Waals surface area contributed by atoms with Crippen molar-refractivity contribution in [3.8, 4) is 0 Å². The van der Waals surface area contributed by atoms with Gasteiger partial charge in [0.15, 0.2) is 0 Å². The molecular formula is C21H22ClNO. The second kappa shape index (κ2) is 6.21. The molecule has 0 saturated heterocycles. The molecule has 0 aliphatic carbocycles. The molecule has 2 atom stereocenters. The predicted octanol–water partition coefficient (Wildman–Crippen LogP) is 5.02. The zero-order valence-corrected chi connectivity index (χ0v) is 14.7. The van der Waals surface area contributed by atoms with Crippen LogP contribution in [0.4, 0.5) is 0 Å². The van der Waals surface area contributed by atoms with Crippen LogP contribution in [-0.2, 0) is 0 Å². The van der Waals surface area contributed by atoms with Gasteiger partial charge in [-0.25, -0.2) is 0 Å². The molecule has 4 rings (SSSR count). The fourth-order valence-corrected chi connectivity index (χ4v) is 3.65. The van der Waals surface area contributed by atoms with Gasteiger partial charge in [0, 0.05) is 0 Å². The average molecular weight is 340 g/mol. The highest BCUT2D eigenvalue weighted by Crippen LogP contribution is 2.38. The number of hydrogen-bond donors (Lipinski definition) is 2. The largest absolute Gasteiger partial charge is 0.391 e. The average Bonchev–Trinajstić information content (AvgIpc) is 2.58. The SMILES string of the molecule is CC(C)[C@H](O)[C@H](N)c1ccc2ccc3cccc4ccc1c2c34.Cl. The van der Waals surface area contributed by atoms with Gasteiger partial charge < -0.3 is 10.8 Å². The number of rotatable bonds is 3. The van der Waals surface area contributed by atoms with Gasteiger partial charge in [0.25, 0.3) is 0 Å². The van der Waals surface area contributed by atoms with Crippen LogP contribution in [0, 0.1) is 5.92 Å². The number of nitrogens with two attached hydrogens (primary N) is 1. The first-order chi connectivity index (χ1) is 11.1. The van der Waals surface area contributed by atoms with Crippen LogP contribution in [-0.4, -0.2) is 11.2 Å². The summed E-state index contributed by atoms with van der Waals surface area (Å²) >= 11 is 0. The summed E-state index contributed by atoms with van der Waals surface area (Å²) in [7, 11) is 0. The molecule has 0 radical (unpaired) electrons. The molecule has 0 heterocycles. The van der Waals surface area contributed by atoms with E-state index in [1.54, 1.807) is 0 Å². The summed E-state index contributed by atoms with van der Waals surface area (Å²) in [6.45, 7) is 4.00. The van der Waals surface area contributed by atoms with E-state index < -0.39 is 6.10 Å². The Bertz CT molecular complexity index is 979. The number of aliphatic hydroxyl groups is 1.